The topological polar surface area (TPSA) is 75.3 Å². The van der Waals surface area contributed by atoms with Crippen LogP contribution in [0.1, 0.15) is 79.1 Å². The van der Waals surface area contributed by atoms with Crippen molar-refractivity contribution in [3.05, 3.63) is 12.4 Å². The Morgan fingerprint density at radius 1 is 0.846 bits per heavy atom. The molecule has 0 bridgehead atoms. The van der Waals surface area contributed by atoms with E-state index in [9.17, 15) is 14.4 Å². The van der Waals surface area contributed by atoms with E-state index in [0.717, 1.165) is 51.4 Å². The summed E-state index contributed by atoms with van der Waals surface area (Å²) in [5.74, 6) is 0.315. The summed E-state index contributed by atoms with van der Waals surface area (Å²) in [5.41, 5.74) is -0.531. The third-order valence-corrected chi connectivity index (χ3v) is 3.63. The zero-order valence-electron chi connectivity index (χ0n) is 16.9. The molecule has 1 aliphatic heterocycles. The van der Waals surface area contributed by atoms with E-state index in [2.05, 4.69) is 15.6 Å². The van der Waals surface area contributed by atoms with Gasteiger partial charge in [0.1, 0.15) is 11.3 Å². The number of hydrogen-bond donors (Lipinski definition) is 2. The number of halogens is 1. The van der Waals surface area contributed by atoms with Crippen LogP contribution < -0.4 is 10.6 Å². The van der Waals surface area contributed by atoms with Gasteiger partial charge in [0, 0.05) is 50.0 Å². The van der Waals surface area contributed by atoms with Crippen LogP contribution >= 0.6 is 22.6 Å². The Morgan fingerprint density at radius 3 is 1.46 bits per heavy atom. The van der Waals surface area contributed by atoms with Crippen LogP contribution in [0.2, 0.25) is 0 Å². The number of hydrogen-bond acceptors (Lipinski definition) is 3. The van der Waals surface area contributed by atoms with Crippen LogP contribution in [-0.4, -0.2) is 23.3 Å². The van der Waals surface area contributed by atoms with Crippen LogP contribution in [0.5, 0.6) is 0 Å². The van der Waals surface area contributed by atoms with Crippen molar-refractivity contribution < 1.29 is 51.5 Å². The second-order valence-electron chi connectivity index (χ2n) is 4.94. The number of ketones is 1. The molecule has 0 atom stereocenters. The Bertz CT molecular complexity index is 356. The van der Waals surface area contributed by atoms with E-state index < -0.39 is 5.54 Å². The van der Waals surface area contributed by atoms with Crippen molar-refractivity contribution in [3.63, 3.8) is 0 Å². The summed E-state index contributed by atoms with van der Waals surface area (Å²) in [6, 6.07) is -0.336. The number of amides is 3. The molecule has 0 unspecified atom stereocenters. The van der Waals surface area contributed by atoms with Gasteiger partial charge < -0.3 is 35.3 Å². The summed E-state index contributed by atoms with van der Waals surface area (Å²) in [6.45, 7) is 8.00. The molecule has 0 aromatic rings. The van der Waals surface area contributed by atoms with Gasteiger partial charge in [-0.2, -0.15) is 0 Å². The van der Waals surface area contributed by atoms with Crippen molar-refractivity contribution in [2.75, 3.05) is 0 Å². The van der Waals surface area contributed by atoms with E-state index in [1.807, 2.05) is 50.3 Å². The minimum Gasteiger partial charge on any atom is -0.358 e. The van der Waals surface area contributed by atoms with E-state index in [1.54, 1.807) is 0 Å². The first-order valence-electron chi connectivity index (χ1n) is 8.54. The number of Topliss-reactive ketones (excluding diaryl/α,β-unsaturated/α-hetero) is 1. The smallest absolute Gasteiger partial charge is 0.322 e. The van der Waals surface area contributed by atoms with E-state index >= 15 is 0 Å². The van der Waals surface area contributed by atoms with Gasteiger partial charge in [0.15, 0.2) is 0 Å². The van der Waals surface area contributed by atoms with E-state index in [-0.39, 0.29) is 56.5 Å². The fraction of sp³-hybridized carbons (Fsp3) is 0.722. The zero-order valence-corrected chi connectivity index (χ0v) is 21.8. The molecule has 0 aromatic heterocycles. The molecule has 0 aromatic carbocycles. The summed E-state index contributed by atoms with van der Waals surface area (Å²) in [6.07, 6.45) is 7.63. The van der Waals surface area contributed by atoms with Crippen molar-refractivity contribution in [3.8, 4) is 0 Å². The van der Waals surface area contributed by atoms with Gasteiger partial charge >= 0.3 is 6.03 Å². The second-order valence-corrected chi connectivity index (χ2v) is 4.94. The van der Waals surface area contributed by atoms with Gasteiger partial charge in [-0.15, -0.1) is 0 Å². The number of rotatable bonds is 0. The molecule has 5 nitrogen and oxygen atoms in total. The van der Waals surface area contributed by atoms with Crippen molar-refractivity contribution in [2.24, 2.45) is 0 Å². The third kappa shape index (κ3) is 13.6. The van der Waals surface area contributed by atoms with E-state index in [1.165, 1.54) is 0 Å². The third-order valence-electron chi connectivity index (χ3n) is 3.63. The molecule has 1 spiro atoms. The number of nitrogens with one attached hydrogen (secondary N) is 2. The Hall–Kier alpha value is 0.509. The summed E-state index contributed by atoms with van der Waals surface area (Å²) in [7, 11) is 0. The van der Waals surface area contributed by atoms with Crippen LogP contribution in [0.25, 0.3) is 0 Å². The largest absolute Gasteiger partial charge is 0.358 e. The first-order chi connectivity index (χ1) is 11.1. The Kier molecular flexibility index (Phi) is 33.8. The summed E-state index contributed by atoms with van der Waals surface area (Å²) < 4.78 is 0. The van der Waals surface area contributed by atoms with Crippen molar-refractivity contribution in [1.29, 1.82) is 0 Å². The van der Waals surface area contributed by atoms with Gasteiger partial charge in [-0.3, -0.25) is 19.8 Å². The summed E-state index contributed by atoms with van der Waals surface area (Å²) in [5, 5.41) is 4.94. The molecule has 1 saturated heterocycles. The molecule has 2 saturated carbocycles. The van der Waals surface area contributed by atoms with Gasteiger partial charge in [-0.1, -0.05) is 40.5 Å². The minimum absolute atomic E-state index is 0. The van der Waals surface area contributed by atoms with Crippen molar-refractivity contribution in [1.82, 2.24) is 10.6 Å². The fourth-order valence-electron chi connectivity index (χ4n) is 2.63. The van der Waals surface area contributed by atoms with Crippen LogP contribution in [0.3, 0.4) is 0 Å². The Balaban J connectivity index is -0.0000000857. The van der Waals surface area contributed by atoms with Crippen molar-refractivity contribution >= 4 is 40.3 Å². The van der Waals surface area contributed by atoms with E-state index in [0.29, 0.717) is 5.78 Å². The van der Waals surface area contributed by atoms with Crippen LogP contribution in [0, 0.1) is 12.4 Å². The number of urea groups is 1. The first-order valence-corrected chi connectivity index (χ1v) is 10.1. The molecule has 3 rings (SSSR count). The van der Waals surface area contributed by atoms with Gasteiger partial charge in [0.25, 0.3) is 5.91 Å². The average Bonchev–Trinajstić information content (AvgIpc) is 3.31. The SMILES string of the molecule is CC.CC.O=C1CCCC1.O=C1NC(=O)C2(CCCC2)N1.[CH2-]I.[CH3-].[V].[V]. The number of imide groups is 1. The standard InChI is InChI=1S/C7H10N2O2.C5H8O.2C2H6.CH2I.CH3.2V/c10-5-7(3-1-2-4-7)9-6(11)8-5;6-5-3-1-2-4-5;3*1-2;;;/h1-4H2,(H2,8,9,10,11);1-4H2;2*1-2H3;1H2;1H3;;/q;;;;2*-1;;. The molecule has 26 heavy (non-hydrogen) atoms. The number of carbonyl (C=O) groups excluding carboxylic acids is 3. The predicted octanol–water partition coefficient (Wildman–Crippen LogP) is 4.98. The van der Waals surface area contributed by atoms with E-state index in [4.69, 9.17) is 0 Å². The zero-order chi connectivity index (χ0) is 18.3. The quantitative estimate of drug-likeness (QED) is 0.251. The molecule has 154 valence electrons. The predicted molar refractivity (Wildman–Crippen MR) is 110 cm³/mol. The molecule has 2 N–H and O–H groups in total. The normalized spacial score (nSPS) is 17.4. The molecule has 3 fully saturated rings. The molecule has 3 amide bonds. The van der Waals surface area contributed by atoms with Gasteiger partial charge in [-0.05, 0) is 25.7 Å². The molecule has 1 heterocycles. The molecule has 8 heteroatoms. The molecular weight excluding hydrogens is 521 g/mol. The molecule has 2 radical (unpaired) electrons. The van der Waals surface area contributed by atoms with Gasteiger partial charge in [0.2, 0.25) is 0 Å². The maximum Gasteiger partial charge on any atom is 0.322 e. The Labute approximate surface area is 198 Å². The molecular formula is C18H35IN2O3V2-2. The first kappa shape index (κ1) is 37.3. The number of carbonyl (C=O) groups is 3. The maximum absolute atomic E-state index is 11.2. The molecule has 3 aliphatic rings. The summed E-state index contributed by atoms with van der Waals surface area (Å²) in [4.78, 5) is 35.4. The van der Waals surface area contributed by atoms with Crippen LogP contribution in [-0.2, 0) is 46.7 Å². The maximum atomic E-state index is 11.2. The second kappa shape index (κ2) is 23.5. The van der Waals surface area contributed by atoms with Gasteiger partial charge in [-0.25, -0.2) is 4.79 Å². The van der Waals surface area contributed by atoms with Crippen LogP contribution in [0.15, 0.2) is 0 Å². The Morgan fingerprint density at radius 2 is 1.23 bits per heavy atom. The summed E-state index contributed by atoms with van der Waals surface area (Å²) >= 11 is 1.90. The minimum atomic E-state index is -0.531. The van der Waals surface area contributed by atoms with Crippen molar-refractivity contribution in [2.45, 2.75) is 84.6 Å². The monoisotopic (exact) mass is 556 g/mol. The fourth-order valence-corrected chi connectivity index (χ4v) is 2.63. The average molecular weight is 556 g/mol. The molecule has 2 aliphatic carbocycles. The van der Waals surface area contributed by atoms with Gasteiger partial charge in [0.05, 0.1) is 0 Å². The van der Waals surface area contributed by atoms with Crippen LogP contribution in [0.4, 0.5) is 4.79 Å².